The average molecular weight is 404 g/mol. The molecule has 0 spiro atoms. The van der Waals surface area contributed by atoms with Crippen molar-refractivity contribution >= 4 is 57.3 Å². The first-order valence-corrected chi connectivity index (χ1v) is 11.6. The van der Waals surface area contributed by atoms with Gasteiger partial charge < -0.3 is 9.88 Å². The Morgan fingerprint density at radius 2 is 2.08 bits per heavy atom. The minimum atomic E-state index is -2.33. The van der Waals surface area contributed by atoms with Gasteiger partial charge in [-0.05, 0) is 31.5 Å². The molecule has 2 aromatic heterocycles. The molecule has 26 heavy (non-hydrogen) atoms. The molecule has 0 unspecified atom stereocenters. The van der Waals surface area contributed by atoms with Crippen LogP contribution in [0.3, 0.4) is 0 Å². The zero-order valence-electron chi connectivity index (χ0n) is 14.0. The lowest BCUT2D eigenvalue weighted by molar-refractivity contribution is 0.588. The molecule has 9 heteroatoms. The molecule has 2 N–H and O–H groups in total. The van der Waals surface area contributed by atoms with E-state index in [1.165, 1.54) is 11.5 Å². The summed E-state index contributed by atoms with van der Waals surface area (Å²) in [6.45, 7) is 3.50. The van der Waals surface area contributed by atoms with Crippen molar-refractivity contribution in [2.75, 3.05) is 18.6 Å². The molecule has 0 saturated carbocycles. The van der Waals surface area contributed by atoms with Gasteiger partial charge in [0.15, 0.2) is 5.82 Å². The number of anilines is 2. The van der Waals surface area contributed by atoms with Crippen LogP contribution in [-0.2, 0) is 4.57 Å². The molecule has 2 heterocycles. The largest absolute Gasteiger partial charge is 0.329 e. The van der Waals surface area contributed by atoms with E-state index in [1.54, 1.807) is 19.5 Å². The Morgan fingerprint density at radius 1 is 1.23 bits per heavy atom. The van der Waals surface area contributed by atoms with E-state index in [9.17, 15) is 4.57 Å². The maximum absolute atomic E-state index is 12.3. The van der Waals surface area contributed by atoms with E-state index in [0.717, 1.165) is 27.5 Å². The third-order valence-electron chi connectivity index (χ3n) is 3.95. The van der Waals surface area contributed by atoms with E-state index < -0.39 is 7.14 Å². The molecule has 0 bridgehead atoms. The Kier molecular flexibility index (Phi) is 4.31. The van der Waals surface area contributed by atoms with Crippen molar-refractivity contribution in [3.63, 3.8) is 0 Å². The number of H-pyrrole nitrogens is 1. The molecule has 0 saturated heterocycles. The quantitative estimate of drug-likeness (QED) is 0.481. The summed E-state index contributed by atoms with van der Waals surface area (Å²) in [5.41, 5.74) is 2.45. The lowest BCUT2D eigenvalue weighted by atomic mass is 10.2. The fraction of sp³-hybridized carbons (Fsp3) is 0.118. The zero-order valence-corrected chi connectivity index (χ0v) is 16.5. The molecular formula is C17H15ClN5OPS. The first-order valence-electron chi connectivity index (χ1n) is 7.80. The highest BCUT2D eigenvalue weighted by molar-refractivity contribution is 7.70. The van der Waals surface area contributed by atoms with Crippen molar-refractivity contribution < 1.29 is 4.57 Å². The maximum atomic E-state index is 12.3. The van der Waals surface area contributed by atoms with E-state index in [-0.39, 0.29) is 0 Å². The van der Waals surface area contributed by atoms with Crippen molar-refractivity contribution in [3.05, 3.63) is 47.6 Å². The number of nitrogens with one attached hydrogen (secondary N) is 2. The van der Waals surface area contributed by atoms with Crippen LogP contribution < -0.4 is 10.6 Å². The second kappa shape index (κ2) is 6.50. The molecular weight excluding hydrogens is 389 g/mol. The number of benzene rings is 2. The predicted molar refractivity (Wildman–Crippen MR) is 109 cm³/mol. The molecule has 0 radical (unpaired) electrons. The van der Waals surface area contributed by atoms with Crippen molar-refractivity contribution in [1.82, 2.24) is 19.6 Å². The van der Waals surface area contributed by atoms with Gasteiger partial charge in [0.25, 0.3) is 0 Å². The molecule has 0 aliphatic heterocycles. The Labute approximate surface area is 159 Å². The van der Waals surface area contributed by atoms with Gasteiger partial charge in [-0.2, -0.15) is 14.5 Å². The second-order valence-electron chi connectivity index (χ2n) is 6.21. The third-order valence-corrected chi connectivity index (χ3v) is 6.51. The summed E-state index contributed by atoms with van der Waals surface area (Å²) in [4.78, 5) is 4.53. The molecule has 6 nitrogen and oxygen atoms in total. The zero-order chi connectivity index (χ0) is 18.3. The van der Waals surface area contributed by atoms with Crippen LogP contribution in [0, 0.1) is 0 Å². The van der Waals surface area contributed by atoms with Gasteiger partial charge in [-0.25, -0.2) is 0 Å². The minimum absolute atomic E-state index is 0.577. The van der Waals surface area contributed by atoms with E-state index >= 15 is 0 Å². The fourth-order valence-electron chi connectivity index (χ4n) is 2.57. The number of nitrogens with zero attached hydrogens (tertiary/aromatic N) is 3. The highest BCUT2D eigenvalue weighted by Crippen LogP contribution is 2.36. The maximum Gasteiger partial charge on any atom is 0.207 e. The highest BCUT2D eigenvalue weighted by Gasteiger charge is 2.14. The number of hydrogen-bond donors (Lipinski definition) is 2. The third kappa shape index (κ3) is 3.26. The molecule has 0 fully saturated rings. The summed E-state index contributed by atoms with van der Waals surface area (Å²) >= 11 is 7.68. The molecule has 4 rings (SSSR count). The van der Waals surface area contributed by atoms with Gasteiger partial charge in [-0.3, -0.25) is 5.10 Å². The minimum Gasteiger partial charge on any atom is -0.329 e. The van der Waals surface area contributed by atoms with Gasteiger partial charge in [0.1, 0.15) is 7.14 Å². The summed E-state index contributed by atoms with van der Waals surface area (Å²) in [6.07, 6.45) is 1.69. The van der Waals surface area contributed by atoms with Gasteiger partial charge in [-0.1, -0.05) is 29.8 Å². The molecule has 132 valence electrons. The van der Waals surface area contributed by atoms with Crippen LogP contribution in [0.2, 0.25) is 5.02 Å². The summed E-state index contributed by atoms with van der Waals surface area (Å²) in [7, 11) is -2.33. The summed E-state index contributed by atoms with van der Waals surface area (Å²) in [5.74, 6) is 0.591. The van der Waals surface area contributed by atoms with E-state index in [0.29, 0.717) is 16.0 Å². The predicted octanol–water partition coefficient (Wildman–Crippen LogP) is 4.73. The molecule has 2 aromatic carbocycles. The van der Waals surface area contributed by atoms with Crippen LogP contribution in [0.25, 0.3) is 22.3 Å². The van der Waals surface area contributed by atoms with Gasteiger partial charge in [0, 0.05) is 27.8 Å². The standard InChI is InChI=1S/C17H15ClN5OPS/c1-25(2,24)11-5-3-4-10(8-11)16-21-17(26-23-16)20-14-7-6-13-12(15(14)18)9-19-22-13/h3-9H,1-2H3,(H,19,22)(H,20,21,23). The average Bonchev–Trinajstić information content (AvgIpc) is 3.26. The van der Waals surface area contributed by atoms with E-state index in [4.69, 9.17) is 11.6 Å². The van der Waals surface area contributed by atoms with Crippen LogP contribution in [0.15, 0.2) is 42.6 Å². The molecule has 0 amide bonds. The second-order valence-corrected chi connectivity index (χ2v) is 10.6. The Bertz CT molecular complexity index is 1150. The number of aromatic amines is 1. The SMILES string of the molecule is CP(C)(=O)c1cccc(-c2nsc(Nc3ccc4[nH]ncc4c3Cl)n2)c1. The highest BCUT2D eigenvalue weighted by atomic mass is 35.5. The Balaban J connectivity index is 1.64. The van der Waals surface area contributed by atoms with E-state index in [2.05, 4.69) is 24.9 Å². The normalized spacial score (nSPS) is 11.8. The van der Waals surface area contributed by atoms with Crippen LogP contribution >= 0.6 is 30.3 Å². The van der Waals surface area contributed by atoms with Crippen molar-refractivity contribution in [3.8, 4) is 11.4 Å². The molecule has 0 aliphatic rings. The lowest BCUT2D eigenvalue weighted by Gasteiger charge is -2.07. The van der Waals surface area contributed by atoms with Gasteiger partial charge >= 0.3 is 0 Å². The summed E-state index contributed by atoms with van der Waals surface area (Å²) in [6, 6.07) is 11.3. The molecule has 0 aliphatic carbocycles. The summed E-state index contributed by atoms with van der Waals surface area (Å²) in [5, 5.41) is 12.9. The van der Waals surface area contributed by atoms with Gasteiger partial charge in [0.05, 0.1) is 22.4 Å². The first kappa shape index (κ1) is 17.2. The number of hydrogen-bond acceptors (Lipinski definition) is 6. The number of halogens is 1. The number of fused-ring (bicyclic) bond motifs is 1. The topological polar surface area (TPSA) is 83.6 Å². The smallest absolute Gasteiger partial charge is 0.207 e. The lowest BCUT2D eigenvalue weighted by Crippen LogP contribution is -2.02. The fourth-order valence-corrected chi connectivity index (χ4v) is 4.32. The van der Waals surface area contributed by atoms with Crippen LogP contribution in [0.4, 0.5) is 10.8 Å². The van der Waals surface area contributed by atoms with Gasteiger partial charge in [0.2, 0.25) is 5.13 Å². The first-order chi connectivity index (χ1) is 12.4. The van der Waals surface area contributed by atoms with Crippen molar-refractivity contribution in [2.45, 2.75) is 0 Å². The Hall–Kier alpha value is -2.21. The van der Waals surface area contributed by atoms with E-state index in [1.807, 2.05) is 36.4 Å². The summed E-state index contributed by atoms with van der Waals surface area (Å²) < 4.78 is 16.7. The van der Waals surface area contributed by atoms with Crippen LogP contribution in [0.1, 0.15) is 0 Å². The van der Waals surface area contributed by atoms with Crippen LogP contribution in [0.5, 0.6) is 0 Å². The molecule has 0 atom stereocenters. The van der Waals surface area contributed by atoms with Crippen molar-refractivity contribution in [2.24, 2.45) is 0 Å². The van der Waals surface area contributed by atoms with Crippen LogP contribution in [-0.4, -0.2) is 32.9 Å². The van der Waals surface area contributed by atoms with Crippen molar-refractivity contribution in [1.29, 1.82) is 0 Å². The molecule has 4 aromatic rings. The number of aromatic nitrogens is 4. The van der Waals surface area contributed by atoms with Gasteiger partial charge in [-0.15, -0.1) is 0 Å². The number of rotatable bonds is 4. The Morgan fingerprint density at radius 3 is 2.88 bits per heavy atom. The monoisotopic (exact) mass is 403 g/mol.